The molecular weight excluding hydrogens is 1040 g/mol. The zero-order valence-corrected chi connectivity index (χ0v) is 39.7. The van der Waals surface area contributed by atoms with Crippen molar-refractivity contribution in [3.63, 3.8) is 0 Å². The van der Waals surface area contributed by atoms with Gasteiger partial charge in [0.15, 0.2) is 0 Å². The maximum Gasteiger partial charge on any atom is 0.335 e. The van der Waals surface area contributed by atoms with E-state index >= 15 is 0 Å². The number of aromatic carboxylic acids is 1. The number of carboxylic acids is 2. The van der Waals surface area contributed by atoms with Gasteiger partial charge in [-0.2, -0.15) is 0 Å². The fourth-order valence-electron chi connectivity index (χ4n) is 5.53. The van der Waals surface area contributed by atoms with Gasteiger partial charge in [0.25, 0.3) is 0 Å². The van der Waals surface area contributed by atoms with Crippen LogP contribution in [0, 0.1) is 0 Å². The van der Waals surface area contributed by atoms with Crippen LogP contribution in [-0.4, -0.2) is 141 Å². The third-order valence-corrected chi connectivity index (χ3v) is 10.5. The number of halogens is 2. The van der Waals surface area contributed by atoms with Gasteiger partial charge in [0.05, 0.1) is 57.9 Å². The molecule has 0 heterocycles. The van der Waals surface area contributed by atoms with Crippen LogP contribution >= 0.6 is 45.5 Å². The van der Waals surface area contributed by atoms with Gasteiger partial charge in [-0.25, -0.2) is 13.1 Å². The minimum absolute atomic E-state index is 0.0447. The highest BCUT2D eigenvalue weighted by atomic mass is 127. The lowest BCUT2D eigenvalue weighted by molar-refractivity contribution is -0.142. The van der Waals surface area contributed by atoms with Crippen LogP contribution in [0.15, 0.2) is 24.3 Å². The van der Waals surface area contributed by atoms with E-state index in [4.69, 9.17) is 28.8 Å². The first kappa shape index (κ1) is 56.8. The fourth-order valence-corrected chi connectivity index (χ4v) is 7.19. The molecule has 0 saturated heterocycles. The number of hydrogen-bond donors (Lipinski definition) is 7. The molecule has 7 N–H and O–H groups in total. The first-order chi connectivity index (χ1) is 29.9. The molecule has 62 heavy (non-hydrogen) atoms. The summed E-state index contributed by atoms with van der Waals surface area (Å²) in [5.41, 5.74) is 0.222. The van der Waals surface area contributed by atoms with Gasteiger partial charge < -0.3 is 55.2 Å². The Balaban J connectivity index is 1.93. The normalized spacial score (nSPS) is 11.9. The van der Waals surface area contributed by atoms with E-state index in [2.05, 4.69) is 24.8 Å². The highest BCUT2D eigenvalue weighted by Gasteiger charge is 2.21. The number of carbonyl (C=O) groups excluding carboxylic acids is 5. The summed E-state index contributed by atoms with van der Waals surface area (Å²) in [4.78, 5) is 82.2. The summed E-state index contributed by atoms with van der Waals surface area (Å²) in [6, 6.07) is 4.99. The first-order valence-electron chi connectivity index (χ1n) is 21.1. The molecule has 0 aliphatic carbocycles. The molecule has 1 aromatic rings. The number of benzene rings is 1. The van der Waals surface area contributed by atoms with Gasteiger partial charge in [0.1, 0.15) is 25.0 Å². The average molecular weight is 1110 g/mol. The molecule has 2 unspecified atom stereocenters. The largest absolute Gasteiger partial charge is 0.494 e. The second-order valence-electron chi connectivity index (χ2n) is 14.1. The molecule has 0 radical (unpaired) electrons. The first-order valence-corrected chi connectivity index (χ1v) is 23.2. The van der Waals surface area contributed by atoms with E-state index in [1.807, 2.05) is 22.9 Å². The van der Waals surface area contributed by atoms with E-state index in [9.17, 15) is 38.7 Å². The molecule has 21 heteroatoms. The maximum atomic E-state index is 12.3. The van der Waals surface area contributed by atoms with Crippen molar-refractivity contribution in [3.05, 3.63) is 29.8 Å². The number of amides is 4. The average Bonchev–Trinajstić information content (AvgIpc) is 3.24. The molecule has 19 nitrogen and oxygen atoms in total. The van der Waals surface area contributed by atoms with Gasteiger partial charge in [0.2, 0.25) is 27.4 Å². The number of nitrogens with one attached hydrogen (secondary N) is 5. The predicted molar refractivity (Wildman–Crippen MR) is 245 cm³/mol. The van der Waals surface area contributed by atoms with Crippen LogP contribution in [0.2, 0.25) is 0 Å². The van der Waals surface area contributed by atoms with Gasteiger partial charge in [-0.1, -0.05) is 38.5 Å². The topological polar surface area (TPSA) is 266 Å². The van der Waals surface area contributed by atoms with Crippen molar-refractivity contribution in [1.82, 2.24) is 24.8 Å². The molecule has 0 aliphatic heterocycles. The van der Waals surface area contributed by atoms with Crippen molar-refractivity contribution in [2.75, 3.05) is 79.1 Å². The van der Waals surface area contributed by atoms with E-state index in [1.165, 1.54) is 12.1 Å². The van der Waals surface area contributed by atoms with Crippen LogP contribution in [0.3, 0.4) is 0 Å². The lowest BCUT2D eigenvalue weighted by atomic mass is 10.1. The van der Waals surface area contributed by atoms with Crippen molar-refractivity contribution in [2.24, 2.45) is 0 Å². The van der Waals surface area contributed by atoms with Crippen LogP contribution in [0.4, 0.5) is 0 Å². The van der Waals surface area contributed by atoms with Crippen LogP contribution in [0.25, 0.3) is 0 Å². The standard InChI is InChI=1S/C41H65I2N5O14/c42-39(53)33(48-43)11-8-9-19-44-37(51)29-60-27-26-59-24-21-46-38(52)30-61-28-25-58-23-20-45-35(49)18-17-34(41(56)57)47-36(50)12-7-5-3-1-2-4-6-10-22-62-32-15-13-31(14-16-32)40(54)55/h13-16,33-34,48H,1-12,17-30H2,(H,44,51)(H,45,49)(H,46,52)(H,47,50)(H,54,55)(H,56,57). The van der Waals surface area contributed by atoms with Crippen molar-refractivity contribution in [2.45, 2.75) is 102 Å². The lowest BCUT2D eigenvalue weighted by Gasteiger charge is -2.14. The monoisotopic (exact) mass is 1110 g/mol. The van der Waals surface area contributed by atoms with Gasteiger partial charge in [-0.3, -0.25) is 24.0 Å². The molecule has 0 spiro atoms. The number of carbonyl (C=O) groups is 7. The number of carboxylic acid groups (broad SMARTS) is 2. The highest BCUT2D eigenvalue weighted by molar-refractivity contribution is 14.1. The predicted octanol–water partition coefficient (Wildman–Crippen LogP) is 3.48. The van der Waals surface area contributed by atoms with Crippen LogP contribution in [0.1, 0.15) is 100 Å². The Morgan fingerprint density at radius 3 is 1.61 bits per heavy atom. The Bertz CT molecular complexity index is 1440. The maximum absolute atomic E-state index is 12.3. The molecular formula is C41H65I2N5O14. The second kappa shape index (κ2) is 38.2. The van der Waals surface area contributed by atoms with Gasteiger partial charge in [0, 0.05) is 77.9 Å². The molecule has 4 amide bonds. The van der Waals surface area contributed by atoms with E-state index in [0.717, 1.165) is 57.8 Å². The van der Waals surface area contributed by atoms with Crippen LogP contribution < -0.4 is 29.5 Å². The Hall–Kier alpha value is -3.23. The summed E-state index contributed by atoms with van der Waals surface area (Å²) in [6.45, 7) is 2.59. The van der Waals surface area contributed by atoms with Gasteiger partial charge in [-0.05, 0) is 62.8 Å². The number of rotatable bonds is 41. The Morgan fingerprint density at radius 1 is 0.532 bits per heavy atom. The molecule has 0 aliphatic rings. The zero-order chi connectivity index (χ0) is 45.6. The van der Waals surface area contributed by atoms with Crippen LogP contribution in [0.5, 0.6) is 5.75 Å². The molecule has 0 bridgehead atoms. The molecule has 352 valence electrons. The Labute approximate surface area is 391 Å². The van der Waals surface area contributed by atoms with E-state index < -0.39 is 18.0 Å². The Kier molecular flexibility index (Phi) is 35.0. The Morgan fingerprint density at radius 2 is 1.06 bits per heavy atom. The number of aliphatic carboxylic acids is 1. The number of unbranched alkanes of at least 4 members (excludes halogenated alkanes) is 8. The summed E-state index contributed by atoms with van der Waals surface area (Å²) in [6.07, 6.45) is 9.95. The third kappa shape index (κ3) is 32.4. The minimum atomic E-state index is -1.20. The summed E-state index contributed by atoms with van der Waals surface area (Å²) in [7, 11) is 0. The molecule has 1 rings (SSSR count). The van der Waals surface area contributed by atoms with Crippen LogP contribution in [-0.2, 0) is 47.7 Å². The molecule has 0 aromatic heterocycles. The molecule has 1 aromatic carbocycles. The SMILES string of the molecule is O=C(CCC(NC(=O)CCCCCCCCCCOc1ccc(C(=O)O)cc1)C(=O)O)NCCOCCOCC(=O)NCCOCCOCC(=O)NCCCCC(NI)C(=O)I. The highest BCUT2D eigenvalue weighted by Crippen LogP contribution is 2.14. The minimum Gasteiger partial charge on any atom is -0.494 e. The van der Waals surface area contributed by atoms with Crippen molar-refractivity contribution >= 4 is 84.8 Å². The summed E-state index contributed by atoms with van der Waals surface area (Å²) in [5, 5.41) is 29.0. The van der Waals surface area contributed by atoms with E-state index in [-0.39, 0.29) is 124 Å². The van der Waals surface area contributed by atoms with Gasteiger partial charge in [-0.15, -0.1) is 0 Å². The van der Waals surface area contributed by atoms with Gasteiger partial charge >= 0.3 is 11.9 Å². The molecule has 0 fully saturated rings. The van der Waals surface area contributed by atoms with E-state index in [1.54, 1.807) is 34.7 Å². The zero-order valence-electron chi connectivity index (χ0n) is 35.4. The summed E-state index contributed by atoms with van der Waals surface area (Å²) < 4.78 is 30.0. The smallest absolute Gasteiger partial charge is 0.335 e. The summed E-state index contributed by atoms with van der Waals surface area (Å²) in [5.74, 6) is -2.79. The van der Waals surface area contributed by atoms with E-state index in [0.29, 0.717) is 31.7 Å². The van der Waals surface area contributed by atoms with Crippen molar-refractivity contribution < 1.29 is 67.5 Å². The quantitative estimate of drug-likeness (QED) is 0.0214. The lowest BCUT2D eigenvalue weighted by Crippen LogP contribution is -2.41. The number of hydrogen-bond acceptors (Lipinski definition) is 13. The van der Waals surface area contributed by atoms with Crippen molar-refractivity contribution in [1.29, 1.82) is 0 Å². The number of ether oxygens (including phenoxy) is 5. The summed E-state index contributed by atoms with van der Waals surface area (Å²) >= 11 is 3.73. The fraction of sp³-hybridized carbons (Fsp3) is 0.683. The molecule has 2 atom stereocenters. The second-order valence-corrected chi connectivity index (χ2v) is 15.8. The van der Waals surface area contributed by atoms with Crippen molar-refractivity contribution in [3.8, 4) is 5.75 Å². The molecule has 0 saturated carbocycles. The third-order valence-electron chi connectivity index (χ3n) is 8.96.